The van der Waals surface area contributed by atoms with Crippen molar-refractivity contribution >= 4 is 0 Å². The summed E-state index contributed by atoms with van der Waals surface area (Å²) in [6, 6.07) is 0.630. The highest BCUT2D eigenvalue weighted by Gasteiger charge is 2.36. The summed E-state index contributed by atoms with van der Waals surface area (Å²) in [5, 5.41) is 3.74. The average molecular weight is 195 g/mol. The van der Waals surface area contributed by atoms with Gasteiger partial charge in [-0.25, -0.2) is 0 Å². The number of likely N-dealkylation sites (N-methyl/N-ethyl adjacent to an activating group) is 1. The van der Waals surface area contributed by atoms with Gasteiger partial charge in [0, 0.05) is 24.7 Å². The number of hydrogen-bond donors (Lipinski definition) is 2. The average Bonchev–Trinajstić information content (AvgIpc) is 2.77. The van der Waals surface area contributed by atoms with Gasteiger partial charge in [-0.15, -0.1) is 0 Å². The maximum absolute atomic E-state index is 5.90. The van der Waals surface area contributed by atoms with Gasteiger partial charge in [0.1, 0.15) is 0 Å². The van der Waals surface area contributed by atoms with E-state index in [0.29, 0.717) is 6.04 Å². The summed E-state index contributed by atoms with van der Waals surface area (Å²) in [5.74, 6) is 0. The van der Waals surface area contributed by atoms with E-state index in [0.717, 1.165) is 13.1 Å². The van der Waals surface area contributed by atoms with E-state index in [9.17, 15) is 0 Å². The molecule has 14 heavy (non-hydrogen) atoms. The number of likely N-dealkylation sites (tertiary alicyclic amines) is 1. The van der Waals surface area contributed by atoms with Gasteiger partial charge in [-0.05, 0) is 32.9 Å². The summed E-state index contributed by atoms with van der Waals surface area (Å²) in [4.78, 5) is 2.36. The third kappa shape index (κ3) is 2.00. The predicted octanol–water partition coefficient (Wildman–Crippen LogP) is 0.328. The van der Waals surface area contributed by atoms with Crippen LogP contribution >= 0.6 is 0 Å². The van der Waals surface area contributed by atoms with Gasteiger partial charge < -0.3 is 16.0 Å². The van der Waals surface area contributed by atoms with Crippen molar-refractivity contribution in [3.05, 3.63) is 12.2 Å². The molecule has 1 heterocycles. The van der Waals surface area contributed by atoms with Gasteiger partial charge in [-0.3, -0.25) is 0 Å². The van der Waals surface area contributed by atoms with Crippen molar-refractivity contribution in [2.45, 2.75) is 30.8 Å². The van der Waals surface area contributed by atoms with Gasteiger partial charge in [-0.1, -0.05) is 12.2 Å². The van der Waals surface area contributed by atoms with Gasteiger partial charge >= 0.3 is 0 Å². The molecule has 2 rings (SSSR count). The molecule has 0 aromatic carbocycles. The monoisotopic (exact) mass is 195 g/mol. The fraction of sp³-hybridized carbons (Fsp3) is 0.818. The molecule has 0 radical (unpaired) electrons. The molecule has 2 aliphatic rings. The molecule has 0 bridgehead atoms. The Kier molecular flexibility index (Phi) is 2.91. The molecule has 3 heteroatoms. The van der Waals surface area contributed by atoms with Crippen LogP contribution < -0.4 is 11.1 Å². The number of nitrogens with one attached hydrogen (secondary N) is 1. The van der Waals surface area contributed by atoms with E-state index in [4.69, 9.17) is 5.73 Å². The van der Waals surface area contributed by atoms with E-state index in [1.807, 2.05) is 0 Å². The van der Waals surface area contributed by atoms with Crippen molar-refractivity contribution in [1.82, 2.24) is 10.2 Å². The topological polar surface area (TPSA) is 41.3 Å². The van der Waals surface area contributed by atoms with Crippen LogP contribution in [0.5, 0.6) is 0 Å². The molecule has 0 aromatic heterocycles. The molecule has 1 unspecified atom stereocenters. The second-order valence-corrected chi connectivity index (χ2v) is 4.76. The second kappa shape index (κ2) is 4.01. The summed E-state index contributed by atoms with van der Waals surface area (Å²) < 4.78 is 0. The van der Waals surface area contributed by atoms with E-state index in [-0.39, 0.29) is 5.54 Å². The van der Waals surface area contributed by atoms with Gasteiger partial charge in [0.05, 0.1) is 0 Å². The molecule has 1 aliphatic carbocycles. The molecule has 1 fully saturated rings. The Labute approximate surface area is 86.3 Å². The molecule has 0 aromatic rings. The molecule has 0 saturated carbocycles. The third-order valence-corrected chi connectivity index (χ3v) is 3.45. The molecule has 0 amide bonds. The molecule has 0 spiro atoms. The van der Waals surface area contributed by atoms with Crippen LogP contribution in [-0.2, 0) is 0 Å². The van der Waals surface area contributed by atoms with Crippen molar-refractivity contribution in [1.29, 1.82) is 0 Å². The smallest absolute Gasteiger partial charge is 0.0447 e. The Morgan fingerprint density at radius 3 is 2.71 bits per heavy atom. The molecular formula is C11H21N3. The lowest BCUT2D eigenvalue weighted by Crippen LogP contribution is -2.56. The fourth-order valence-electron chi connectivity index (χ4n) is 2.59. The van der Waals surface area contributed by atoms with E-state index in [2.05, 4.69) is 29.4 Å². The highest BCUT2D eigenvalue weighted by atomic mass is 15.2. The number of nitrogens with zero attached hydrogens (tertiary/aromatic N) is 1. The maximum Gasteiger partial charge on any atom is 0.0447 e. The molecule has 3 nitrogen and oxygen atoms in total. The highest BCUT2D eigenvalue weighted by molar-refractivity contribution is 5.04. The van der Waals surface area contributed by atoms with E-state index in [1.165, 1.54) is 25.8 Å². The highest BCUT2D eigenvalue weighted by Crippen LogP contribution is 2.22. The van der Waals surface area contributed by atoms with Crippen molar-refractivity contribution in [2.75, 3.05) is 26.7 Å². The summed E-state index contributed by atoms with van der Waals surface area (Å²) in [7, 11) is 2.17. The SMILES string of the molecule is CN1CCC(CN)(NC2CC=CC2)C1. The van der Waals surface area contributed by atoms with Crippen molar-refractivity contribution in [2.24, 2.45) is 5.73 Å². The predicted molar refractivity (Wildman–Crippen MR) is 59.2 cm³/mol. The first-order valence-corrected chi connectivity index (χ1v) is 5.55. The van der Waals surface area contributed by atoms with Crippen molar-refractivity contribution in [3.8, 4) is 0 Å². The summed E-state index contributed by atoms with van der Waals surface area (Å²) in [6.45, 7) is 3.03. The van der Waals surface area contributed by atoms with Crippen molar-refractivity contribution in [3.63, 3.8) is 0 Å². The Morgan fingerprint density at radius 2 is 2.21 bits per heavy atom. The van der Waals surface area contributed by atoms with Crippen LogP contribution in [-0.4, -0.2) is 43.2 Å². The van der Waals surface area contributed by atoms with Crippen LogP contribution in [0.25, 0.3) is 0 Å². The summed E-state index contributed by atoms with van der Waals surface area (Å²) in [6.07, 6.45) is 8.06. The summed E-state index contributed by atoms with van der Waals surface area (Å²) >= 11 is 0. The Morgan fingerprint density at radius 1 is 1.50 bits per heavy atom. The maximum atomic E-state index is 5.90. The zero-order valence-corrected chi connectivity index (χ0v) is 9.00. The normalized spacial score (nSPS) is 34.4. The van der Waals surface area contributed by atoms with E-state index in [1.54, 1.807) is 0 Å². The van der Waals surface area contributed by atoms with Gasteiger partial charge in [0.15, 0.2) is 0 Å². The fourth-order valence-corrected chi connectivity index (χ4v) is 2.59. The summed E-state index contributed by atoms with van der Waals surface area (Å²) in [5.41, 5.74) is 6.09. The van der Waals surface area contributed by atoms with Crippen LogP contribution in [0, 0.1) is 0 Å². The minimum absolute atomic E-state index is 0.186. The lowest BCUT2D eigenvalue weighted by Gasteiger charge is -2.32. The molecule has 80 valence electrons. The van der Waals surface area contributed by atoms with Crippen LogP contribution in [0.15, 0.2) is 12.2 Å². The van der Waals surface area contributed by atoms with E-state index >= 15 is 0 Å². The first kappa shape index (κ1) is 10.1. The second-order valence-electron chi connectivity index (χ2n) is 4.76. The largest absolute Gasteiger partial charge is 0.329 e. The quantitative estimate of drug-likeness (QED) is 0.638. The molecule has 1 atom stereocenters. The van der Waals surface area contributed by atoms with Crippen LogP contribution in [0.4, 0.5) is 0 Å². The lowest BCUT2D eigenvalue weighted by atomic mass is 9.97. The van der Waals surface area contributed by atoms with Gasteiger partial charge in [0.25, 0.3) is 0 Å². The minimum atomic E-state index is 0.186. The Hall–Kier alpha value is -0.380. The van der Waals surface area contributed by atoms with Gasteiger partial charge in [0.2, 0.25) is 0 Å². The van der Waals surface area contributed by atoms with Crippen molar-refractivity contribution < 1.29 is 0 Å². The molecule has 1 aliphatic heterocycles. The number of rotatable bonds is 3. The van der Waals surface area contributed by atoms with Crippen LogP contribution in [0.1, 0.15) is 19.3 Å². The first-order valence-electron chi connectivity index (χ1n) is 5.55. The lowest BCUT2D eigenvalue weighted by molar-refractivity contribution is 0.287. The molecule has 1 saturated heterocycles. The number of hydrogen-bond acceptors (Lipinski definition) is 3. The standard InChI is InChI=1S/C11H21N3/c1-14-7-6-11(8-12,9-14)13-10-4-2-3-5-10/h2-3,10,13H,4-9,12H2,1H3. The first-order chi connectivity index (χ1) is 6.74. The third-order valence-electron chi connectivity index (χ3n) is 3.45. The zero-order valence-electron chi connectivity index (χ0n) is 9.00. The van der Waals surface area contributed by atoms with E-state index < -0.39 is 0 Å². The van der Waals surface area contributed by atoms with Crippen LogP contribution in [0.3, 0.4) is 0 Å². The zero-order chi connectivity index (χ0) is 10.0. The Bertz CT molecular complexity index is 219. The molecular weight excluding hydrogens is 174 g/mol. The minimum Gasteiger partial charge on any atom is -0.329 e. The van der Waals surface area contributed by atoms with Crippen LogP contribution in [0.2, 0.25) is 0 Å². The number of nitrogens with two attached hydrogens (primary N) is 1. The Balaban J connectivity index is 1.92. The van der Waals surface area contributed by atoms with Gasteiger partial charge in [-0.2, -0.15) is 0 Å². The molecule has 3 N–H and O–H groups in total.